The lowest BCUT2D eigenvalue weighted by Crippen LogP contribution is -2.34. The van der Waals surface area contributed by atoms with Gasteiger partial charge in [-0.1, -0.05) is 25.5 Å². The predicted molar refractivity (Wildman–Crippen MR) is 75.2 cm³/mol. The number of carbonyl (C=O) groups is 1. The van der Waals surface area contributed by atoms with Crippen LogP contribution in [0.1, 0.15) is 32.3 Å². The van der Waals surface area contributed by atoms with Gasteiger partial charge in [0, 0.05) is 6.54 Å². The Morgan fingerprint density at radius 1 is 1.32 bits per heavy atom. The van der Waals surface area contributed by atoms with Crippen LogP contribution in [-0.2, 0) is 16.1 Å². The van der Waals surface area contributed by atoms with E-state index in [9.17, 15) is 4.79 Å². The molecule has 1 aromatic carbocycles. The van der Waals surface area contributed by atoms with E-state index in [0.29, 0.717) is 6.54 Å². The van der Waals surface area contributed by atoms with Gasteiger partial charge in [0.15, 0.2) is 0 Å². The highest BCUT2D eigenvalue weighted by molar-refractivity contribution is 5.75. The second kappa shape index (κ2) is 8.53. The van der Waals surface area contributed by atoms with Crippen molar-refractivity contribution in [2.75, 3.05) is 13.7 Å². The molecule has 1 atom stereocenters. The molecule has 4 heteroatoms. The molecule has 0 unspecified atom stereocenters. The van der Waals surface area contributed by atoms with Gasteiger partial charge in [-0.2, -0.15) is 0 Å². The summed E-state index contributed by atoms with van der Waals surface area (Å²) < 4.78 is 10.2. The minimum atomic E-state index is -0.300. The zero-order chi connectivity index (χ0) is 14.1. The summed E-state index contributed by atoms with van der Waals surface area (Å²) in [5, 5.41) is 3.11. The number of rotatable bonds is 8. The first kappa shape index (κ1) is 15.5. The quantitative estimate of drug-likeness (QED) is 0.579. The van der Waals surface area contributed by atoms with Crippen LogP contribution in [0.5, 0.6) is 5.75 Å². The van der Waals surface area contributed by atoms with E-state index < -0.39 is 0 Å². The summed E-state index contributed by atoms with van der Waals surface area (Å²) in [6.07, 6.45) is 2.20. The molecule has 1 N–H and O–H groups in total. The van der Waals surface area contributed by atoms with Gasteiger partial charge in [-0.3, -0.25) is 4.79 Å². The molecule has 0 saturated heterocycles. The zero-order valence-corrected chi connectivity index (χ0v) is 11.9. The molecule has 4 nitrogen and oxygen atoms in total. The Morgan fingerprint density at radius 2 is 2.00 bits per heavy atom. The Balaban J connectivity index is 2.37. The number of carbonyl (C=O) groups excluding carboxylic acids is 1. The highest BCUT2D eigenvalue weighted by atomic mass is 16.5. The van der Waals surface area contributed by atoms with Crippen LogP contribution in [0.15, 0.2) is 24.3 Å². The molecular formula is C15H23NO3. The molecule has 0 heterocycles. The first-order chi connectivity index (χ1) is 9.17. The van der Waals surface area contributed by atoms with Crippen LogP contribution in [0.2, 0.25) is 0 Å². The van der Waals surface area contributed by atoms with E-state index in [1.165, 1.54) is 7.11 Å². The maximum absolute atomic E-state index is 11.2. The molecule has 0 aliphatic heterocycles. The van der Waals surface area contributed by atoms with Crippen LogP contribution < -0.4 is 10.1 Å². The predicted octanol–water partition coefficient (Wildman–Crippen LogP) is 2.52. The molecule has 0 spiro atoms. The van der Waals surface area contributed by atoms with Crippen LogP contribution in [0.25, 0.3) is 0 Å². The van der Waals surface area contributed by atoms with Gasteiger partial charge in [0.05, 0.1) is 13.7 Å². The number of unbranched alkanes of at least 4 members (excludes halogenated alkanes) is 1. The van der Waals surface area contributed by atoms with Crippen molar-refractivity contribution in [2.45, 2.75) is 39.3 Å². The Hall–Kier alpha value is -1.55. The number of nitrogens with one attached hydrogen (secondary N) is 1. The van der Waals surface area contributed by atoms with Crippen LogP contribution >= 0.6 is 0 Å². The van der Waals surface area contributed by atoms with E-state index in [0.717, 1.165) is 30.8 Å². The van der Waals surface area contributed by atoms with Crippen molar-refractivity contribution >= 4 is 5.97 Å². The number of benzene rings is 1. The van der Waals surface area contributed by atoms with Crippen LogP contribution in [0, 0.1) is 0 Å². The fraction of sp³-hybridized carbons (Fsp3) is 0.533. The third kappa shape index (κ3) is 5.75. The van der Waals surface area contributed by atoms with E-state index in [1.54, 1.807) is 6.92 Å². The summed E-state index contributed by atoms with van der Waals surface area (Å²) in [5.74, 6) is 0.637. The topological polar surface area (TPSA) is 47.6 Å². The van der Waals surface area contributed by atoms with Crippen molar-refractivity contribution in [3.8, 4) is 5.75 Å². The average Bonchev–Trinajstić information content (AvgIpc) is 2.45. The SMILES string of the molecule is CCCCOc1ccc(CN[C@@H](C)C(=O)OC)cc1. The van der Waals surface area contributed by atoms with Gasteiger partial charge in [-0.25, -0.2) is 0 Å². The minimum absolute atomic E-state index is 0.250. The standard InChI is InChI=1S/C15H23NO3/c1-4-5-10-19-14-8-6-13(7-9-14)11-16-12(2)15(17)18-3/h6-9,12,16H,4-5,10-11H2,1-3H3/t12-/m0/s1. The van der Waals surface area contributed by atoms with Gasteiger partial charge in [0.1, 0.15) is 11.8 Å². The summed E-state index contributed by atoms with van der Waals surface area (Å²) in [7, 11) is 1.39. The molecule has 0 aliphatic carbocycles. The summed E-state index contributed by atoms with van der Waals surface area (Å²) in [6, 6.07) is 7.60. The largest absolute Gasteiger partial charge is 0.494 e. The molecule has 0 fully saturated rings. The lowest BCUT2D eigenvalue weighted by atomic mass is 10.2. The van der Waals surface area contributed by atoms with Gasteiger partial charge in [-0.15, -0.1) is 0 Å². The minimum Gasteiger partial charge on any atom is -0.494 e. The van der Waals surface area contributed by atoms with Crippen molar-refractivity contribution in [2.24, 2.45) is 0 Å². The van der Waals surface area contributed by atoms with Crippen LogP contribution in [-0.4, -0.2) is 25.7 Å². The molecule has 0 bridgehead atoms. The summed E-state index contributed by atoms with van der Waals surface area (Å²) >= 11 is 0. The number of hydrogen-bond acceptors (Lipinski definition) is 4. The maximum Gasteiger partial charge on any atom is 0.322 e. The van der Waals surface area contributed by atoms with Gasteiger partial charge in [0.25, 0.3) is 0 Å². The van der Waals surface area contributed by atoms with E-state index in [1.807, 2.05) is 24.3 Å². The van der Waals surface area contributed by atoms with E-state index in [4.69, 9.17) is 4.74 Å². The van der Waals surface area contributed by atoms with Gasteiger partial charge in [-0.05, 0) is 31.0 Å². The van der Waals surface area contributed by atoms with E-state index in [-0.39, 0.29) is 12.0 Å². The fourth-order valence-corrected chi connectivity index (χ4v) is 1.57. The second-order valence-corrected chi connectivity index (χ2v) is 4.47. The Labute approximate surface area is 115 Å². The molecule has 106 valence electrons. The van der Waals surface area contributed by atoms with Crippen molar-refractivity contribution in [3.05, 3.63) is 29.8 Å². The monoisotopic (exact) mass is 265 g/mol. The third-order valence-electron chi connectivity index (χ3n) is 2.86. The molecule has 0 saturated carbocycles. The molecular weight excluding hydrogens is 242 g/mol. The first-order valence-electron chi connectivity index (χ1n) is 6.70. The molecule has 0 radical (unpaired) electrons. The molecule has 0 aromatic heterocycles. The Kier molecular flexibility index (Phi) is 6.97. The van der Waals surface area contributed by atoms with E-state index >= 15 is 0 Å². The number of methoxy groups -OCH3 is 1. The van der Waals surface area contributed by atoms with Crippen molar-refractivity contribution in [1.82, 2.24) is 5.32 Å². The average molecular weight is 265 g/mol. The lowest BCUT2D eigenvalue weighted by Gasteiger charge is -2.12. The highest BCUT2D eigenvalue weighted by Crippen LogP contribution is 2.12. The summed E-state index contributed by atoms with van der Waals surface area (Å²) in [6.45, 7) is 5.31. The van der Waals surface area contributed by atoms with Gasteiger partial charge in [0.2, 0.25) is 0 Å². The fourth-order valence-electron chi connectivity index (χ4n) is 1.57. The Bertz CT molecular complexity index is 375. The molecule has 0 amide bonds. The van der Waals surface area contributed by atoms with Crippen molar-refractivity contribution < 1.29 is 14.3 Å². The molecule has 19 heavy (non-hydrogen) atoms. The van der Waals surface area contributed by atoms with E-state index in [2.05, 4.69) is 17.0 Å². The third-order valence-corrected chi connectivity index (χ3v) is 2.86. The zero-order valence-electron chi connectivity index (χ0n) is 11.9. The molecule has 0 aliphatic rings. The molecule has 1 rings (SSSR count). The van der Waals surface area contributed by atoms with Crippen LogP contribution in [0.3, 0.4) is 0 Å². The first-order valence-corrected chi connectivity index (χ1v) is 6.70. The lowest BCUT2D eigenvalue weighted by molar-refractivity contribution is -0.142. The highest BCUT2D eigenvalue weighted by Gasteiger charge is 2.11. The molecule has 1 aromatic rings. The van der Waals surface area contributed by atoms with Crippen LogP contribution in [0.4, 0.5) is 0 Å². The van der Waals surface area contributed by atoms with Crippen molar-refractivity contribution in [3.63, 3.8) is 0 Å². The smallest absolute Gasteiger partial charge is 0.322 e. The van der Waals surface area contributed by atoms with Gasteiger partial charge >= 0.3 is 5.97 Å². The van der Waals surface area contributed by atoms with Crippen molar-refractivity contribution in [1.29, 1.82) is 0 Å². The summed E-state index contributed by atoms with van der Waals surface area (Å²) in [4.78, 5) is 11.2. The summed E-state index contributed by atoms with van der Waals surface area (Å²) in [5.41, 5.74) is 1.11. The number of hydrogen-bond donors (Lipinski definition) is 1. The second-order valence-electron chi connectivity index (χ2n) is 4.47. The number of ether oxygens (including phenoxy) is 2. The normalized spacial score (nSPS) is 11.9. The maximum atomic E-state index is 11.2. The number of esters is 1. The van der Waals surface area contributed by atoms with Gasteiger partial charge < -0.3 is 14.8 Å². The Morgan fingerprint density at radius 3 is 2.58 bits per heavy atom.